The largest absolute Gasteiger partial charge is 0.492 e. The van der Waals surface area contributed by atoms with E-state index in [1.807, 2.05) is 12.3 Å². The van der Waals surface area contributed by atoms with E-state index < -0.39 is 0 Å². The Hall–Kier alpha value is -0.900. The first kappa shape index (κ1) is 9.19. The van der Waals surface area contributed by atoms with Crippen molar-refractivity contribution in [1.29, 1.82) is 0 Å². The summed E-state index contributed by atoms with van der Waals surface area (Å²) in [7, 11) is 3.22. The van der Waals surface area contributed by atoms with Gasteiger partial charge < -0.3 is 14.2 Å². The highest BCUT2D eigenvalue weighted by molar-refractivity contribution is 7.12. The molecule has 0 unspecified atom stereocenters. The Balaban J connectivity index is 2.88. The first-order valence-corrected chi connectivity index (χ1v) is 4.53. The maximum absolute atomic E-state index is 5.32. The minimum absolute atomic E-state index is 0.639. The van der Waals surface area contributed by atoms with Crippen LogP contribution in [0.15, 0.2) is 5.38 Å². The smallest absolute Gasteiger partial charge is 0.221 e. The van der Waals surface area contributed by atoms with Gasteiger partial charge in [-0.25, -0.2) is 0 Å². The molecule has 0 saturated heterocycles. The van der Waals surface area contributed by atoms with Crippen LogP contribution in [0.3, 0.4) is 0 Å². The molecule has 4 heteroatoms. The van der Waals surface area contributed by atoms with Crippen molar-refractivity contribution >= 4 is 11.3 Å². The fraction of sp³-hybridized carbons (Fsp3) is 0.500. The van der Waals surface area contributed by atoms with Crippen molar-refractivity contribution in [3.05, 3.63) is 5.38 Å². The zero-order chi connectivity index (χ0) is 8.97. The first-order chi connectivity index (χ1) is 5.83. The molecule has 0 radical (unpaired) electrons. The van der Waals surface area contributed by atoms with Gasteiger partial charge in [0, 0.05) is 5.38 Å². The Bertz CT molecular complexity index is 244. The average Bonchev–Trinajstić information content (AvgIpc) is 2.47. The van der Waals surface area contributed by atoms with Crippen LogP contribution >= 0.6 is 11.3 Å². The van der Waals surface area contributed by atoms with Crippen LogP contribution in [0, 0.1) is 0 Å². The number of hydrogen-bond acceptors (Lipinski definition) is 4. The fourth-order valence-electron chi connectivity index (χ4n) is 0.870. The van der Waals surface area contributed by atoms with Crippen LogP contribution in [0.1, 0.15) is 6.92 Å². The van der Waals surface area contributed by atoms with E-state index in [9.17, 15) is 0 Å². The molecule has 0 fully saturated rings. The Morgan fingerprint density at radius 1 is 1.33 bits per heavy atom. The van der Waals surface area contributed by atoms with Gasteiger partial charge in [0.25, 0.3) is 0 Å². The molecule has 1 rings (SSSR count). The van der Waals surface area contributed by atoms with Crippen molar-refractivity contribution in [2.24, 2.45) is 0 Å². The summed E-state index contributed by atoms with van der Waals surface area (Å²) in [5.41, 5.74) is 0. The maximum Gasteiger partial charge on any atom is 0.221 e. The van der Waals surface area contributed by atoms with E-state index in [1.54, 1.807) is 14.2 Å². The zero-order valence-corrected chi connectivity index (χ0v) is 8.23. The van der Waals surface area contributed by atoms with Crippen LogP contribution in [0.5, 0.6) is 16.6 Å². The van der Waals surface area contributed by atoms with Crippen LogP contribution < -0.4 is 14.2 Å². The number of thiophene rings is 1. The first-order valence-electron chi connectivity index (χ1n) is 3.65. The van der Waals surface area contributed by atoms with Gasteiger partial charge in [-0.2, -0.15) is 0 Å². The molecule has 1 aromatic rings. The molecule has 12 heavy (non-hydrogen) atoms. The number of rotatable bonds is 4. The van der Waals surface area contributed by atoms with Crippen molar-refractivity contribution in [2.75, 3.05) is 20.8 Å². The lowest BCUT2D eigenvalue weighted by atomic mass is 10.5. The monoisotopic (exact) mass is 188 g/mol. The lowest BCUT2D eigenvalue weighted by Crippen LogP contribution is -1.92. The van der Waals surface area contributed by atoms with Crippen LogP contribution in [-0.4, -0.2) is 20.8 Å². The van der Waals surface area contributed by atoms with Gasteiger partial charge in [-0.1, -0.05) is 11.3 Å². The van der Waals surface area contributed by atoms with Crippen molar-refractivity contribution in [3.8, 4) is 16.6 Å². The summed E-state index contributed by atoms with van der Waals surface area (Å²) in [6.07, 6.45) is 0. The maximum atomic E-state index is 5.32. The summed E-state index contributed by atoms with van der Waals surface area (Å²) >= 11 is 1.48. The van der Waals surface area contributed by atoms with Crippen molar-refractivity contribution in [1.82, 2.24) is 0 Å². The molecule has 0 aliphatic carbocycles. The van der Waals surface area contributed by atoms with Gasteiger partial charge >= 0.3 is 0 Å². The van der Waals surface area contributed by atoms with Crippen LogP contribution in [-0.2, 0) is 0 Å². The second-order valence-corrected chi connectivity index (χ2v) is 2.90. The SMILES string of the molecule is CCOc1scc(OC)c1OC. The van der Waals surface area contributed by atoms with Crippen LogP contribution in [0.25, 0.3) is 0 Å². The van der Waals surface area contributed by atoms with E-state index in [0.717, 1.165) is 10.8 Å². The standard InChI is InChI=1S/C8H12O3S/c1-4-11-8-7(10-3)6(9-2)5-12-8/h5H,4H2,1-3H3. The molecule has 0 aliphatic heterocycles. The molecule has 0 aliphatic rings. The van der Waals surface area contributed by atoms with Gasteiger partial charge in [0.1, 0.15) is 0 Å². The lowest BCUT2D eigenvalue weighted by Gasteiger charge is -2.04. The molecule has 0 bridgehead atoms. The Labute approximate surface area is 75.9 Å². The van der Waals surface area contributed by atoms with Gasteiger partial charge in [-0.3, -0.25) is 0 Å². The molecule has 0 atom stereocenters. The van der Waals surface area contributed by atoms with E-state index in [4.69, 9.17) is 14.2 Å². The van der Waals surface area contributed by atoms with Crippen LogP contribution in [0.2, 0.25) is 0 Å². The summed E-state index contributed by atoms with van der Waals surface area (Å²) < 4.78 is 15.5. The Morgan fingerprint density at radius 3 is 2.58 bits per heavy atom. The molecule has 0 aromatic carbocycles. The molecule has 0 saturated carbocycles. The average molecular weight is 188 g/mol. The Kier molecular flexibility index (Phi) is 3.22. The minimum atomic E-state index is 0.639. The molecule has 0 spiro atoms. The van der Waals surface area contributed by atoms with E-state index >= 15 is 0 Å². The van der Waals surface area contributed by atoms with Crippen molar-refractivity contribution in [2.45, 2.75) is 6.92 Å². The van der Waals surface area contributed by atoms with E-state index in [2.05, 4.69) is 0 Å². The molecule has 0 amide bonds. The topological polar surface area (TPSA) is 27.7 Å². The minimum Gasteiger partial charge on any atom is -0.492 e. The van der Waals surface area contributed by atoms with Crippen molar-refractivity contribution in [3.63, 3.8) is 0 Å². The normalized spacial score (nSPS) is 9.58. The number of hydrogen-bond donors (Lipinski definition) is 0. The van der Waals surface area contributed by atoms with Gasteiger partial charge in [0.2, 0.25) is 10.8 Å². The molecule has 1 aromatic heterocycles. The summed E-state index contributed by atoms with van der Waals surface area (Å²) in [6, 6.07) is 0. The fourth-order valence-corrected chi connectivity index (χ4v) is 1.76. The molecular formula is C8H12O3S. The van der Waals surface area contributed by atoms with E-state index in [-0.39, 0.29) is 0 Å². The third kappa shape index (κ3) is 1.64. The quantitative estimate of drug-likeness (QED) is 0.724. The zero-order valence-electron chi connectivity index (χ0n) is 7.42. The third-order valence-electron chi connectivity index (χ3n) is 1.38. The summed E-state index contributed by atoms with van der Waals surface area (Å²) in [4.78, 5) is 0. The highest BCUT2D eigenvalue weighted by Crippen LogP contribution is 2.43. The van der Waals surface area contributed by atoms with Crippen molar-refractivity contribution < 1.29 is 14.2 Å². The van der Waals surface area contributed by atoms with E-state index in [0.29, 0.717) is 12.4 Å². The van der Waals surface area contributed by atoms with Gasteiger partial charge in [0.05, 0.1) is 20.8 Å². The second kappa shape index (κ2) is 4.21. The molecule has 1 heterocycles. The van der Waals surface area contributed by atoms with Crippen LogP contribution in [0.4, 0.5) is 0 Å². The van der Waals surface area contributed by atoms with Gasteiger partial charge in [0.15, 0.2) is 5.75 Å². The van der Waals surface area contributed by atoms with Gasteiger partial charge in [-0.15, -0.1) is 0 Å². The van der Waals surface area contributed by atoms with E-state index in [1.165, 1.54) is 11.3 Å². The number of ether oxygens (including phenoxy) is 3. The van der Waals surface area contributed by atoms with Gasteiger partial charge in [-0.05, 0) is 6.92 Å². The predicted octanol–water partition coefficient (Wildman–Crippen LogP) is 2.16. The second-order valence-electron chi connectivity index (χ2n) is 2.06. The molecule has 68 valence electrons. The summed E-state index contributed by atoms with van der Waals surface area (Å²) in [5.74, 6) is 1.41. The summed E-state index contributed by atoms with van der Waals surface area (Å²) in [5, 5.41) is 2.64. The molecule has 3 nitrogen and oxygen atoms in total. The highest BCUT2D eigenvalue weighted by Gasteiger charge is 2.13. The number of methoxy groups -OCH3 is 2. The lowest BCUT2D eigenvalue weighted by molar-refractivity contribution is 0.307. The highest BCUT2D eigenvalue weighted by atomic mass is 32.1. The molecule has 0 N–H and O–H groups in total. The predicted molar refractivity (Wildman–Crippen MR) is 48.6 cm³/mol. The summed E-state index contributed by atoms with van der Waals surface area (Å²) in [6.45, 7) is 2.58. The Morgan fingerprint density at radius 2 is 2.08 bits per heavy atom. The molecular weight excluding hydrogens is 176 g/mol. The third-order valence-corrected chi connectivity index (χ3v) is 2.23.